The van der Waals surface area contributed by atoms with E-state index in [1.165, 1.54) is 37.4 Å². The maximum atomic E-state index is 13.6. The van der Waals surface area contributed by atoms with Crippen molar-refractivity contribution in [3.63, 3.8) is 0 Å². The van der Waals surface area contributed by atoms with E-state index in [2.05, 4.69) is 27.0 Å². The lowest BCUT2D eigenvalue weighted by molar-refractivity contribution is -0.115. The van der Waals surface area contributed by atoms with Crippen molar-refractivity contribution < 1.29 is 31.9 Å². The highest BCUT2D eigenvalue weighted by Gasteiger charge is 2.39. The summed E-state index contributed by atoms with van der Waals surface area (Å²) in [6, 6.07) is 15.3. The lowest BCUT2D eigenvalue weighted by Crippen LogP contribution is -2.51. The van der Waals surface area contributed by atoms with Gasteiger partial charge in [0.15, 0.2) is 0 Å². The van der Waals surface area contributed by atoms with Crippen molar-refractivity contribution in [2.75, 3.05) is 18.9 Å². The number of halogens is 4. The first kappa shape index (κ1) is 28.1. The minimum atomic E-state index is -4.56. The van der Waals surface area contributed by atoms with Gasteiger partial charge in [0.05, 0.1) is 17.0 Å². The van der Waals surface area contributed by atoms with Gasteiger partial charge < -0.3 is 20.2 Å². The summed E-state index contributed by atoms with van der Waals surface area (Å²) in [7, 11) is 1.41. The molecule has 2 heterocycles. The van der Waals surface area contributed by atoms with Crippen molar-refractivity contribution in [2.24, 2.45) is 0 Å². The summed E-state index contributed by atoms with van der Waals surface area (Å²) in [5, 5.41) is 28.4. The number of carbonyl (C=O) groups is 1. The van der Waals surface area contributed by atoms with Crippen molar-refractivity contribution in [1.82, 2.24) is 15.6 Å². The van der Waals surface area contributed by atoms with E-state index in [0.717, 1.165) is 6.42 Å². The van der Waals surface area contributed by atoms with Gasteiger partial charge in [0.1, 0.15) is 35.7 Å². The molecule has 4 N–H and O–H groups in total. The molecule has 1 amide bonds. The van der Waals surface area contributed by atoms with Gasteiger partial charge in [-0.15, -0.1) is 0 Å². The van der Waals surface area contributed by atoms with Gasteiger partial charge in [0.25, 0.3) is 5.91 Å². The Labute approximate surface area is 232 Å². The number of rotatable bonds is 8. The van der Waals surface area contributed by atoms with Gasteiger partial charge >= 0.3 is 6.18 Å². The van der Waals surface area contributed by atoms with Gasteiger partial charge in [-0.1, -0.05) is 18.2 Å². The van der Waals surface area contributed by atoms with Crippen molar-refractivity contribution in [2.45, 2.75) is 37.2 Å². The molecule has 1 fully saturated rings. The lowest BCUT2D eigenvalue weighted by atomic mass is 9.78. The molecule has 5 rings (SSSR count). The van der Waals surface area contributed by atoms with E-state index >= 15 is 0 Å². The van der Waals surface area contributed by atoms with Crippen LogP contribution in [0.5, 0.6) is 0 Å². The molecule has 212 valence electrons. The van der Waals surface area contributed by atoms with Gasteiger partial charge in [-0.2, -0.15) is 23.4 Å². The second-order valence-electron chi connectivity index (χ2n) is 9.82. The highest BCUT2D eigenvalue weighted by Crippen LogP contribution is 2.39. The highest BCUT2D eigenvalue weighted by molar-refractivity contribution is 6.11. The normalized spacial score (nSPS) is 15.1. The summed E-state index contributed by atoms with van der Waals surface area (Å²) >= 11 is 0. The van der Waals surface area contributed by atoms with Crippen LogP contribution in [0.15, 0.2) is 59.0 Å². The fraction of sp³-hybridized carbons (Fsp3) is 0.276. The first-order valence-electron chi connectivity index (χ1n) is 12.8. The number of amides is 1. The van der Waals surface area contributed by atoms with Crippen molar-refractivity contribution in [3.05, 3.63) is 71.5 Å². The third-order valence-electron chi connectivity index (χ3n) is 7.05. The van der Waals surface area contributed by atoms with E-state index in [-0.39, 0.29) is 33.8 Å². The van der Waals surface area contributed by atoms with Crippen molar-refractivity contribution >= 4 is 22.8 Å². The zero-order valence-electron chi connectivity index (χ0n) is 21.8. The van der Waals surface area contributed by atoms with Gasteiger partial charge in [0, 0.05) is 18.2 Å². The maximum Gasteiger partial charge on any atom is 0.405 e. The molecule has 41 heavy (non-hydrogen) atoms. The van der Waals surface area contributed by atoms with Crippen LogP contribution in [0, 0.1) is 17.1 Å². The molecule has 0 spiro atoms. The van der Waals surface area contributed by atoms with Gasteiger partial charge in [-0.25, -0.2) is 4.39 Å². The molecule has 1 atom stereocenters. The van der Waals surface area contributed by atoms with Crippen LogP contribution in [0.1, 0.15) is 41.4 Å². The third-order valence-corrected chi connectivity index (χ3v) is 7.05. The molecular weight excluding hydrogens is 542 g/mol. The molecule has 2 aromatic carbocycles. The first-order valence-corrected chi connectivity index (χ1v) is 12.8. The van der Waals surface area contributed by atoms with Crippen LogP contribution in [0.3, 0.4) is 0 Å². The zero-order chi connectivity index (χ0) is 29.4. The molecule has 0 aliphatic heterocycles. The molecular formula is C29H25F4N5O3. The molecule has 8 nitrogen and oxygen atoms in total. The lowest BCUT2D eigenvalue weighted by Gasteiger charge is -2.38. The molecule has 1 aliphatic rings. The number of nitriles is 1. The Hall–Kier alpha value is -4.47. The van der Waals surface area contributed by atoms with Crippen LogP contribution in [0.2, 0.25) is 0 Å². The molecule has 1 saturated carbocycles. The standard InChI is InChI=1S/C29H25F4N5O3/c1-35-26(40)22-21-13-20(17-4-2-5-18(12-17)25(39)38-28(14-34)10-3-11-28)24(36-15-29(31,32)33)37-27(21)41-23(22)16-6-8-19(30)9-7-16/h2,4-9,12-13,25,38-39H,3,10-11,15H2,1H3,(H,35,40)(H,36,37). The van der Waals surface area contributed by atoms with E-state index in [4.69, 9.17) is 4.42 Å². The van der Waals surface area contributed by atoms with Gasteiger partial charge in [-0.05, 0) is 66.8 Å². The fourth-order valence-electron chi connectivity index (χ4n) is 4.76. The molecule has 12 heteroatoms. The largest absolute Gasteiger partial charge is 0.437 e. The summed E-state index contributed by atoms with van der Waals surface area (Å²) < 4.78 is 59.0. The molecule has 0 saturated heterocycles. The smallest absolute Gasteiger partial charge is 0.405 e. The monoisotopic (exact) mass is 567 g/mol. The number of pyridine rings is 1. The van der Waals surface area contributed by atoms with E-state index in [1.54, 1.807) is 24.3 Å². The SMILES string of the molecule is CNC(=O)c1c(-c2ccc(F)cc2)oc2nc(NCC(F)(F)F)c(-c3cccc(C(O)NC4(C#N)CCC4)c3)cc12. The van der Waals surface area contributed by atoms with Crippen LogP contribution in [-0.4, -0.2) is 41.3 Å². The quantitative estimate of drug-likeness (QED) is 0.160. The number of nitrogens with one attached hydrogen (secondary N) is 3. The van der Waals surface area contributed by atoms with Crippen LogP contribution >= 0.6 is 0 Å². The third kappa shape index (κ3) is 5.73. The number of aliphatic hydroxyl groups is 1. The summed E-state index contributed by atoms with van der Waals surface area (Å²) in [5.74, 6) is -1.13. The number of nitrogens with zero attached hydrogens (tertiary/aromatic N) is 2. The number of hydrogen-bond acceptors (Lipinski definition) is 7. The Kier molecular flexibility index (Phi) is 7.42. The number of hydrogen-bond donors (Lipinski definition) is 4. The number of anilines is 1. The van der Waals surface area contributed by atoms with E-state index in [9.17, 15) is 32.7 Å². The number of fused-ring (bicyclic) bond motifs is 1. The Balaban J connectivity index is 1.65. The number of benzene rings is 2. The topological polar surface area (TPSA) is 123 Å². The fourth-order valence-corrected chi connectivity index (χ4v) is 4.76. The van der Waals surface area contributed by atoms with Crippen molar-refractivity contribution in [3.8, 4) is 28.5 Å². The van der Waals surface area contributed by atoms with Crippen LogP contribution < -0.4 is 16.0 Å². The van der Waals surface area contributed by atoms with E-state index < -0.39 is 36.2 Å². The Morgan fingerprint density at radius 2 is 1.90 bits per heavy atom. The van der Waals surface area contributed by atoms with Gasteiger partial charge in [0.2, 0.25) is 5.71 Å². The highest BCUT2D eigenvalue weighted by atomic mass is 19.4. The predicted molar refractivity (Wildman–Crippen MR) is 143 cm³/mol. The Morgan fingerprint density at radius 1 is 1.17 bits per heavy atom. The molecule has 0 radical (unpaired) electrons. The summed E-state index contributed by atoms with van der Waals surface area (Å²) in [4.78, 5) is 17.3. The molecule has 1 aliphatic carbocycles. The zero-order valence-corrected chi connectivity index (χ0v) is 21.8. The second-order valence-corrected chi connectivity index (χ2v) is 9.82. The number of alkyl halides is 3. The Bertz CT molecular complexity index is 1640. The van der Waals surface area contributed by atoms with E-state index in [0.29, 0.717) is 29.5 Å². The van der Waals surface area contributed by atoms with Crippen LogP contribution in [0.4, 0.5) is 23.4 Å². The summed E-state index contributed by atoms with van der Waals surface area (Å²) in [6.07, 6.45) is -3.73. The number of aromatic nitrogens is 1. The summed E-state index contributed by atoms with van der Waals surface area (Å²) in [6.45, 7) is -1.39. The van der Waals surface area contributed by atoms with Crippen LogP contribution in [0.25, 0.3) is 33.6 Å². The average Bonchev–Trinajstić information content (AvgIpc) is 3.31. The number of aliphatic hydroxyl groups excluding tert-OH is 1. The minimum Gasteiger partial charge on any atom is -0.437 e. The number of carbonyl (C=O) groups excluding carboxylic acids is 1. The molecule has 4 aromatic rings. The van der Waals surface area contributed by atoms with Crippen molar-refractivity contribution in [1.29, 1.82) is 5.26 Å². The van der Waals surface area contributed by atoms with Crippen LogP contribution in [-0.2, 0) is 0 Å². The second kappa shape index (κ2) is 10.8. The maximum absolute atomic E-state index is 13.6. The van der Waals surface area contributed by atoms with Gasteiger partial charge in [-0.3, -0.25) is 10.1 Å². The Morgan fingerprint density at radius 3 is 2.51 bits per heavy atom. The molecule has 0 bridgehead atoms. The average molecular weight is 568 g/mol. The first-order chi connectivity index (χ1) is 19.5. The predicted octanol–water partition coefficient (Wildman–Crippen LogP) is 5.66. The van der Waals surface area contributed by atoms with E-state index in [1.807, 2.05) is 0 Å². The number of furan rings is 1. The molecule has 2 aromatic heterocycles. The summed E-state index contributed by atoms with van der Waals surface area (Å²) in [5.41, 5.74) is 0.495. The molecule has 1 unspecified atom stereocenters. The minimum absolute atomic E-state index is 0.0708.